The summed E-state index contributed by atoms with van der Waals surface area (Å²) in [5, 5.41) is 27.6. The Labute approximate surface area is 131 Å². The van der Waals surface area contributed by atoms with Crippen molar-refractivity contribution >= 4 is 23.5 Å². The molecule has 122 valence electrons. The Morgan fingerprint density at radius 3 is 2.91 bits per heavy atom. The molecule has 9 nitrogen and oxygen atoms in total. The second kappa shape index (κ2) is 6.21. The van der Waals surface area contributed by atoms with Crippen molar-refractivity contribution in [1.82, 2.24) is 19.9 Å². The van der Waals surface area contributed by atoms with E-state index < -0.39 is 18.1 Å². The molecule has 2 heterocycles. The van der Waals surface area contributed by atoms with Gasteiger partial charge >= 0.3 is 6.09 Å². The van der Waals surface area contributed by atoms with E-state index in [1.165, 1.54) is 10.7 Å². The van der Waals surface area contributed by atoms with Crippen molar-refractivity contribution in [3.63, 3.8) is 0 Å². The average molecular weight is 319 g/mol. The molecule has 0 bridgehead atoms. The van der Waals surface area contributed by atoms with Crippen molar-refractivity contribution in [2.45, 2.75) is 37.8 Å². The zero-order valence-corrected chi connectivity index (χ0v) is 12.3. The zero-order valence-electron chi connectivity index (χ0n) is 12.3. The molecule has 0 saturated heterocycles. The van der Waals surface area contributed by atoms with Gasteiger partial charge in [0.05, 0.1) is 6.10 Å². The van der Waals surface area contributed by atoms with Crippen molar-refractivity contribution in [2.75, 3.05) is 5.32 Å². The lowest BCUT2D eigenvalue weighted by Crippen LogP contribution is -2.40. The van der Waals surface area contributed by atoms with E-state index in [4.69, 9.17) is 5.11 Å². The molecule has 2 aromatic heterocycles. The molecule has 2 aromatic rings. The number of aliphatic hydroxyl groups excluding tert-OH is 1. The Morgan fingerprint density at radius 2 is 2.17 bits per heavy atom. The summed E-state index contributed by atoms with van der Waals surface area (Å²) < 4.78 is 1.34. The van der Waals surface area contributed by atoms with Gasteiger partial charge in [-0.1, -0.05) is 0 Å². The van der Waals surface area contributed by atoms with E-state index in [2.05, 4.69) is 20.7 Å². The number of aliphatic hydroxyl groups is 1. The van der Waals surface area contributed by atoms with Gasteiger partial charge in [0.15, 0.2) is 11.5 Å². The molecule has 1 fully saturated rings. The van der Waals surface area contributed by atoms with E-state index in [9.17, 15) is 14.7 Å². The van der Waals surface area contributed by atoms with Crippen LogP contribution in [0, 0.1) is 0 Å². The number of hydrogen-bond donors (Lipinski definition) is 4. The topological polar surface area (TPSA) is 129 Å². The Morgan fingerprint density at radius 1 is 1.35 bits per heavy atom. The first kappa shape index (κ1) is 15.2. The predicted octanol–water partition coefficient (Wildman–Crippen LogP) is 0.852. The number of hydrogen-bond acceptors (Lipinski definition) is 5. The van der Waals surface area contributed by atoms with Crippen molar-refractivity contribution in [1.29, 1.82) is 0 Å². The molecule has 0 aromatic carbocycles. The van der Waals surface area contributed by atoms with Gasteiger partial charge in [0.25, 0.3) is 5.91 Å². The molecule has 9 heteroatoms. The number of anilines is 1. The molecule has 2 unspecified atom stereocenters. The lowest BCUT2D eigenvalue weighted by Gasteiger charge is -2.26. The number of amides is 2. The van der Waals surface area contributed by atoms with Gasteiger partial charge in [0, 0.05) is 18.4 Å². The lowest BCUT2D eigenvalue weighted by molar-refractivity contribution is 0.0852. The third kappa shape index (κ3) is 3.24. The Balaban J connectivity index is 1.90. The number of carbonyl (C=O) groups is 2. The normalized spacial score (nSPS) is 21.1. The van der Waals surface area contributed by atoms with Crippen LogP contribution < -0.4 is 10.6 Å². The fourth-order valence-electron chi connectivity index (χ4n) is 2.84. The van der Waals surface area contributed by atoms with E-state index in [1.807, 2.05) is 0 Å². The van der Waals surface area contributed by atoms with Gasteiger partial charge in [0.2, 0.25) is 0 Å². The third-order valence-corrected chi connectivity index (χ3v) is 3.83. The molecule has 2 atom stereocenters. The number of carboxylic acid groups (broad SMARTS) is 1. The van der Waals surface area contributed by atoms with Crippen molar-refractivity contribution in [2.24, 2.45) is 0 Å². The smallest absolute Gasteiger partial charge is 0.410 e. The third-order valence-electron chi connectivity index (χ3n) is 3.83. The summed E-state index contributed by atoms with van der Waals surface area (Å²) in [6.45, 7) is 0. The van der Waals surface area contributed by atoms with E-state index in [1.54, 1.807) is 12.3 Å². The number of nitrogens with one attached hydrogen (secondary N) is 2. The van der Waals surface area contributed by atoms with Gasteiger partial charge in [-0.3, -0.25) is 10.1 Å². The van der Waals surface area contributed by atoms with Crippen LogP contribution in [0.25, 0.3) is 5.65 Å². The van der Waals surface area contributed by atoms with Crippen LogP contribution in [-0.4, -0.2) is 49.0 Å². The number of rotatable bonds is 3. The quantitative estimate of drug-likeness (QED) is 0.664. The summed E-state index contributed by atoms with van der Waals surface area (Å²) in [4.78, 5) is 27.6. The summed E-state index contributed by atoms with van der Waals surface area (Å²) in [6, 6.07) is 1.48. The highest BCUT2D eigenvalue weighted by Crippen LogP contribution is 2.22. The molecule has 1 saturated carbocycles. The van der Waals surface area contributed by atoms with Gasteiger partial charge in [-0.15, -0.1) is 5.10 Å². The van der Waals surface area contributed by atoms with Crippen LogP contribution in [0.1, 0.15) is 36.0 Å². The summed E-state index contributed by atoms with van der Waals surface area (Å²) in [5.74, 6) is -0.522. The molecule has 0 aliphatic heterocycles. The predicted molar refractivity (Wildman–Crippen MR) is 80.4 cm³/mol. The first-order valence-electron chi connectivity index (χ1n) is 7.37. The highest BCUT2D eigenvalue weighted by Gasteiger charge is 2.26. The van der Waals surface area contributed by atoms with Crippen LogP contribution >= 0.6 is 0 Å². The van der Waals surface area contributed by atoms with Crippen LogP contribution in [0.3, 0.4) is 0 Å². The van der Waals surface area contributed by atoms with Gasteiger partial charge in [-0.2, -0.15) is 0 Å². The van der Waals surface area contributed by atoms with Crippen LogP contribution in [0.15, 0.2) is 18.5 Å². The van der Waals surface area contributed by atoms with Crippen molar-refractivity contribution < 1.29 is 19.8 Å². The summed E-state index contributed by atoms with van der Waals surface area (Å²) in [7, 11) is 0. The van der Waals surface area contributed by atoms with E-state index in [0.717, 1.165) is 19.3 Å². The summed E-state index contributed by atoms with van der Waals surface area (Å²) in [6.07, 6.45) is 4.18. The van der Waals surface area contributed by atoms with E-state index >= 15 is 0 Å². The molecule has 3 rings (SSSR count). The first-order valence-corrected chi connectivity index (χ1v) is 7.37. The summed E-state index contributed by atoms with van der Waals surface area (Å²) >= 11 is 0. The maximum Gasteiger partial charge on any atom is 0.410 e. The molecular formula is C14H17N5O4. The van der Waals surface area contributed by atoms with Crippen LogP contribution in [0.2, 0.25) is 0 Å². The van der Waals surface area contributed by atoms with E-state index in [-0.39, 0.29) is 23.1 Å². The van der Waals surface area contributed by atoms with Crippen LogP contribution in [0.4, 0.5) is 10.6 Å². The van der Waals surface area contributed by atoms with Gasteiger partial charge < -0.3 is 15.5 Å². The van der Waals surface area contributed by atoms with Gasteiger partial charge in [-0.25, -0.2) is 14.3 Å². The van der Waals surface area contributed by atoms with Crippen molar-refractivity contribution in [3.8, 4) is 0 Å². The Bertz CT molecular complexity index is 744. The summed E-state index contributed by atoms with van der Waals surface area (Å²) in [5.41, 5.74) is 0.346. The Hall–Kier alpha value is -2.68. The maximum absolute atomic E-state index is 12.6. The highest BCUT2D eigenvalue weighted by molar-refractivity contribution is 6.06. The number of carbonyl (C=O) groups excluding carboxylic acids is 1. The first-order chi connectivity index (χ1) is 11.0. The zero-order chi connectivity index (χ0) is 16.4. The van der Waals surface area contributed by atoms with Crippen LogP contribution in [0.5, 0.6) is 0 Å². The molecule has 0 spiro atoms. The lowest BCUT2D eigenvalue weighted by atomic mass is 9.93. The number of aromatic nitrogens is 3. The fraction of sp³-hybridized carbons (Fsp3) is 0.429. The van der Waals surface area contributed by atoms with E-state index in [0.29, 0.717) is 6.42 Å². The molecule has 1 aliphatic carbocycles. The number of nitrogens with zero attached hydrogens (tertiary/aromatic N) is 3. The monoisotopic (exact) mass is 319 g/mol. The average Bonchev–Trinajstić information content (AvgIpc) is 2.84. The Kier molecular flexibility index (Phi) is 4.11. The second-order valence-electron chi connectivity index (χ2n) is 5.53. The standard InChI is InChI=1S/C14H17N5O4/c20-9-4-1-3-8(7-9)16-13(21)10-11(17-14(22)23)18-19-6-2-5-15-12(10)19/h2,5-6,8-9,20H,1,3-4,7H2,(H,16,21)(H,17,18)(H,22,23). The molecule has 23 heavy (non-hydrogen) atoms. The van der Waals surface area contributed by atoms with Crippen LogP contribution in [-0.2, 0) is 0 Å². The molecule has 4 N–H and O–H groups in total. The van der Waals surface area contributed by atoms with Gasteiger partial charge in [-0.05, 0) is 31.7 Å². The van der Waals surface area contributed by atoms with Crippen molar-refractivity contribution in [3.05, 3.63) is 24.0 Å². The molecule has 0 radical (unpaired) electrons. The minimum absolute atomic E-state index is 0.0648. The largest absolute Gasteiger partial charge is 0.465 e. The SMILES string of the molecule is O=C(O)Nc1nn2cccnc2c1C(=O)NC1CCCC(O)C1. The molecule has 1 aliphatic rings. The minimum atomic E-state index is -1.31. The molecule has 2 amide bonds. The maximum atomic E-state index is 12.6. The second-order valence-corrected chi connectivity index (χ2v) is 5.53. The minimum Gasteiger partial charge on any atom is -0.465 e. The number of fused-ring (bicyclic) bond motifs is 1. The fourth-order valence-corrected chi connectivity index (χ4v) is 2.84. The highest BCUT2D eigenvalue weighted by atomic mass is 16.4. The molecular weight excluding hydrogens is 302 g/mol. The van der Waals surface area contributed by atoms with Gasteiger partial charge in [0.1, 0.15) is 5.56 Å².